The number of hydrogen-bond acceptors (Lipinski definition) is 3. The Bertz CT molecular complexity index is 641. The number of nitrogens with zero attached hydrogens (tertiary/aromatic N) is 3. The molecular formula is C18H25N5. The number of rotatable bonds is 6. The Balaban J connectivity index is 1.86. The molecule has 0 radical (unpaired) electrons. The quantitative estimate of drug-likeness (QED) is 0.635. The van der Waals surface area contributed by atoms with Crippen molar-refractivity contribution in [2.45, 2.75) is 40.0 Å². The molecule has 122 valence electrons. The van der Waals surface area contributed by atoms with Crippen LogP contribution in [0.2, 0.25) is 0 Å². The van der Waals surface area contributed by atoms with Gasteiger partial charge >= 0.3 is 0 Å². The van der Waals surface area contributed by atoms with Crippen LogP contribution in [0.1, 0.15) is 35.9 Å². The van der Waals surface area contributed by atoms with Crippen LogP contribution in [0.5, 0.6) is 0 Å². The normalized spacial score (nSPS) is 11.5. The highest BCUT2D eigenvalue weighted by molar-refractivity contribution is 5.90. The molecule has 3 N–H and O–H groups in total. The summed E-state index contributed by atoms with van der Waals surface area (Å²) in [4.78, 5) is 12.9. The van der Waals surface area contributed by atoms with Crippen molar-refractivity contribution in [3.63, 3.8) is 0 Å². The van der Waals surface area contributed by atoms with Gasteiger partial charge in [0.1, 0.15) is 0 Å². The molecule has 1 aromatic carbocycles. The maximum absolute atomic E-state index is 5.89. The summed E-state index contributed by atoms with van der Waals surface area (Å²) in [7, 11) is 0. The van der Waals surface area contributed by atoms with Crippen molar-refractivity contribution in [3.05, 3.63) is 52.8 Å². The van der Waals surface area contributed by atoms with E-state index in [0.29, 0.717) is 18.5 Å². The zero-order chi connectivity index (χ0) is 16.7. The summed E-state index contributed by atoms with van der Waals surface area (Å²) in [5.41, 5.74) is 10.3. The number of nitrogens with one attached hydrogen (secondary N) is 1. The molecule has 0 aliphatic carbocycles. The monoisotopic (exact) mass is 311 g/mol. The lowest BCUT2D eigenvalue weighted by Gasteiger charge is -2.06. The second kappa shape index (κ2) is 8.27. The molecule has 0 atom stereocenters. The third-order valence-electron chi connectivity index (χ3n) is 3.47. The van der Waals surface area contributed by atoms with E-state index in [-0.39, 0.29) is 0 Å². The molecule has 1 aromatic heterocycles. The first-order valence-corrected chi connectivity index (χ1v) is 8.04. The van der Waals surface area contributed by atoms with Gasteiger partial charge in [-0.05, 0) is 43.9 Å². The van der Waals surface area contributed by atoms with E-state index in [2.05, 4.69) is 51.5 Å². The first-order chi connectivity index (χ1) is 11.1. The van der Waals surface area contributed by atoms with E-state index < -0.39 is 0 Å². The van der Waals surface area contributed by atoms with E-state index in [1.165, 1.54) is 17.5 Å². The maximum atomic E-state index is 5.89. The van der Waals surface area contributed by atoms with Gasteiger partial charge in [0.25, 0.3) is 0 Å². The van der Waals surface area contributed by atoms with Crippen molar-refractivity contribution in [2.24, 2.45) is 10.7 Å². The minimum atomic E-state index is 0.345. The van der Waals surface area contributed by atoms with Crippen LogP contribution in [0.3, 0.4) is 0 Å². The highest BCUT2D eigenvalue weighted by Crippen LogP contribution is 2.07. The summed E-state index contributed by atoms with van der Waals surface area (Å²) in [6, 6.07) is 10.6. The summed E-state index contributed by atoms with van der Waals surface area (Å²) < 4.78 is 0. The summed E-state index contributed by atoms with van der Waals surface area (Å²) in [5.74, 6) is 0.838. The second-order valence-corrected chi connectivity index (χ2v) is 5.68. The fourth-order valence-electron chi connectivity index (χ4n) is 2.40. The van der Waals surface area contributed by atoms with Gasteiger partial charge in [0.2, 0.25) is 5.95 Å². The summed E-state index contributed by atoms with van der Waals surface area (Å²) in [6.07, 6.45) is 3.17. The van der Waals surface area contributed by atoms with E-state index in [4.69, 9.17) is 5.73 Å². The summed E-state index contributed by atoms with van der Waals surface area (Å²) >= 11 is 0. The van der Waals surface area contributed by atoms with Crippen molar-refractivity contribution in [3.8, 4) is 0 Å². The number of aryl methyl sites for hydroxylation is 3. The fraction of sp³-hybridized carbons (Fsp3) is 0.389. The summed E-state index contributed by atoms with van der Waals surface area (Å²) in [6.45, 7) is 6.68. The molecule has 0 amide bonds. The van der Waals surface area contributed by atoms with E-state index in [1.807, 2.05) is 19.9 Å². The Kier molecular flexibility index (Phi) is 6.09. The van der Waals surface area contributed by atoms with E-state index in [0.717, 1.165) is 24.2 Å². The number of nitrogens with two attached hydrogens (primary N) is 1. The van der Waals surface area contributed by atoms with Crippen LogP contribution >= 0.6 is 0 Å². The Labute approximate surface area is 138 Å². The van der Waals surface area contributed by atoms with Gasteiger partial charge in [-0.1, -0.05) is 37.6 Å². The van der Waals surface area contributed by atoms with Crippen molar-refractivity contribution >= 4 is 11.9 Å². The first-order valence-electron chi connectivity index (χ1n) is 8.04. The van der Waals surface area contributed by atoms with Gasteiger partial charge in [0.15, 0.2) is 5.96 Å². The average molecular weight is 311 g/mol. The lowest BCUT2D eigenvalue weighted by molar-refractivity contribution is 0.915. The fourth-order valence-corrected chi connectivity index (χ4v) is 2.40. The largest absolute Gasteiger partial charge is 0.370 e. The van der Waals surface area contributed by atoms with E-state index in [1.54, 1.807) is 0 Å². The number of aliphatic imine (C=N–C) groups is 1. The molecule has 0 aliphatic heterocycles. The van der Waals surface area contributed by atoms with Crippen molar-refractivity contribution in [1.82, 2.24) is 9.97 Å². The molecule has 0 saturated carbocycles. The molecular weight excluding hydrogens is 286 g/mol. The van der Waals surface area contributed by atoms with Crippen LogP contribution in [0.4, 0.5) is 5.95 Å². The lowest BCUT2D eigenvalue weighted by Crippen LogP contribution is -2.24. The van der Waals surface area contributed by atoms with Crippen LogP contribution < -0.4 is 11.1 Å². The Morgan fingerprint density at radius 2 is 1.61 bits per heavy atom. The molecule has 0 spiro atoms. The Morgan fingerprint density at radius 1 is 1.04 bits per heavy atom. The van der Waals surface area contributed by atoms with Gasteiger partial charge in [-0.3, -0.25) is 10.3 Å². The summed E-state index contributed by atoms with van der Waals surface area (Å²) in [5, 5.41) is 2.94. The minimum Gasteiger partial charge on any atom is -0.370 e. The number of hydrogen-bond donors (Lipinski definition) is 2. The first kappa shape index (κ1) is 16.9. The van der Waals surface area contributed by atoms with Crippen LogP contribution in [0.25, 0.3) is 0 Å². The van der Waals surface area contributed by atoms with Crippen LogP contribution in [0, 0.1) is 13.8 Å². The zero-order valence-electron chi connectivity index (χ0n) is 14.1. The van der Waals surface area contributed by atoms with Gasteiger partial charge in [-0.15, -0.1) is 0 Å². The van der Waals surface area contributed by atoms with Crippen molar-refractivity contribution in [2.75, 3.05) is 11.9 Å². The van der Waals surface area contributed by atoms with E-state index >= 15 is 0 Å². The molecule has 2 aromatic rings. The van der Waals surface area contributed by atoms with E-state index in [9.17, 15) is 0 Å². The van der Waals surface area contributed by atoms with Gasteiger partial charge in [0, 0.05) is 17.9 Å². The molecule has 0 saturated heterocycles. The van der Waals surface area contributed by atoms with Crippen molar-refractivity contribution in [1.29, 1.82) is 0 Å². The number of benzene rings is 1. The van der Waals surface area contributed by atoms with Crippen LogP contribution in [-0.2, 0) is 12.8 Å². The van der Waals surface area contributed by atoms with Gasteiger partial charge in [-0.25, -0.2) is 9.97 Å². The molecule has 23 heavy (non-hydrogen) atoms. The third kappa shape index (κ3) is 5.70. The van der Waals surface area contributed by atoms with Crippen LogP contribution in [0.15, 0.2) is 35.3 Å². The van der Waals surface area contributed by atoms with Crippen LogP contribution in [-0.4, -0.2) is 22.5 Å². The SMILES string of the molecule is CCCc1ccc(CCN=C(N)Nc2nc(C)cc(C)n2)cc1. The number of guanidine groups is 1. The minimum absolute atomic E-state index is 0.345. The molecule has 5 heteroatoms. The zero-order valence-corrected chi connectivity index (χ0v) is 14.1. The average Bonchev–Trinajstić information content (AvgIpc) is 2.48. The van der Waals surface area contributed by atoms with Crippen molar-refractivity contribution < 1.29 is 0 Å². The highest BCUT2D eigenvalue weighted by Gasteiger charge is 2.01. The predicted molar refractivity (Wildman–Crippen MR) is 95.8 cm³/mol. The number of anilines is 1. The van der Waals surface area contributed by atoms with Gasteiger partial charge in [0.05, 0.1) is 0 Å². The Hall–Kier alpha value is -2.43. The predicted octanol–water partition coefficient (Wildman–Crippen LogP) is 3.02. The molecule has 0 aliphatic rings. The van der Waals surface area contributed by atoms with Gasteiger partial charge in [-0.2, -0.15) is 0 Å². The lowest BCUT2D eigenvalue weighted by atomic mass is 10.1. The smallest absolute Gasteiger partial charge is 0.229 e. The second-order valence-electron chi connectivity index (χ2n) is 5.68. The molecule has 0 bridgehead atoms. The molecule has 5 nitrogen and oxygen atoms in total. The number of aromatic nitrogens is 2. The molecule has 0 fully saturated rings. The topological polar surface area (TPSA) is 76.2 Å². The molecule has 0 unspecified atom stereocenters. The molecule has 2 rings (SSSR count). The highest BCUT2D eigenvalue weighted by atomic mass is 15.2. The standard InChI is InChI=1S/C18H25N5/c1-4-5-15-6-8-16(9-7-15)10-11-20-17(19)23-18-21-13(2)12-14(3)22-18/h6-9,12H,4-5,10-11H2,1-3H3,(H3,19,20,21,22,23). The molecule has 1 heterocycles. The Morgan fingerprint density at radius 3 is 2.17 bits per heavy atom. The third-order valence-corrected chi connectivity index (χ3v) is 3.47. The van der Waals surface area contributed by atoms with Gasteiger partial charge < -0.3 is 5.73 Å². The maximum Gasteiger partial charge on any atom is 0.229 e.